The molecule has 3 aromatic rings. The van der Waals surface area contributed by atoms with E-state index in [2.05, 4.69) is 9.97 Å². The second kappa shape index (κ2) is 9.05. The number of nitrogens with one attached hydrogen (secondary N) is 1. The molecule has 2 aromatic carbocycles. The third-order valence-corrected chi connectivity index (χ3v) is 5.29. The number of nitrogens with zero attached hydrogens (tertiary/aromatic N) is 1. The first-order chi connectivity index (χ1) is 13.9. The quantitative estimate of drug-likeness (QED) is 0.350. The lowest BCUT2D eigenvalue weighted by atomic mass is 9.97. The van der Waals surface area contributed by atoms with E-state index >= 15 is 0 Å². The maximum atomic E-state index is 13.6. The van der Waals surface area contributed by atoms with Gasteiger partial charge in [-0.25, -0.2) is 9.37 Å². The van der Waals surface area contributed by atoms with Crippen molar-refractivity contribution < 1.29 is 13.9 Å². The van der Waals surface area contributed by atoms with E-state index in [-0.39, 0.29) is 22.7 Å². The minimum atomic E-state index is -0.513. The molecule has 0 aliphatic rings. The summed E-state index contributed by atoms with van der Waals surface area (Å²) in [5.41, 5.74) is 1.19. The summed E-state index contributed by atoms with van der Waals surface area (Å²) in [6.45, 7) is 3.64. The number of ether oxygens (including phenoxy) is 1. The molecule has 0 unspecified atom stereocenters. The summed E-state index contributed by atoms with van der Waals surface area (Å²) in [6.07, 6.45) is 0. The molecule has 0 amide bonds. The topological polar surface area (TPSA) is 72.0 Å². The maximum Gasteiger partial charge on any atom is 0.255 e. The zero-order chi connectivity index (χ0) is 21.0. The van der Waals surface area contributed by atoms with Crippen molar-refractivity contribution in [1.29, 1.82) is 0 Å². The van der Waals surface area contributed by atoms with Gasteiger partial charge in [0.05, 0.1) is 7.11 Å². The summed E-state index contributed by atoms with van der Waals surface area (Å²) >= 11 is 1.32. The van der Waals surface area contributed by atoms with Gasteiger partial charge >= 0.3 is 0 Å². The minimum absolute atomic E-state index is 0.0616. The number of carbonyl (C=O) groups is 1. The average molecular weight is 412 g/mol. The number of halogens is 1. The van der Waals surface area contributed by atoms with Gasteiger partial charge in [0.15, 0.2) is 5.16 Å². The predicted molar refractivity (Wildman–Crippen MR) is 111 cm³/mol. The third kappa shape index (κ3) is 4.92. The van der Waals surface area contributed by atoms with Crippen molar-refractivity contribution in [3.8, 4) is 5.75 Å². The number of H-pyrrole nitrogens is 1. The molecule has 0 aliphatic heterocycles. The van der Waals surface area contributed by atoms with Crippen LogP contribution in [0.1, 0.15) is 46.9 Å². The largest absolute Gasteiger partial charge is 0.497 e. The Morgan fingerprint density at radius 1 is 1.21 bits per heavy atom. The van der Waals surface area contributed by atoms with Crippen LogP contribution in [0.25, 0.3) is 0 Å². The molecule has 5 nitrogen and oxygen atoms in total. The number of methoxy groups -OCH3 is 1. The molecule has 0 radical (unpaired) electrons. The smallest absolute Gasteiger partial charge is 0.255 e. The van der Waals surface area contributed by atoms with Gasteiger partial charge < -0.3 is 9.72 Å². The van der Waals surface area contributed by atoms with Crippen LogP contribution in [-0.2, 0) is 5.75 Å². The van der Waals surface area contributed by atoms with Crippen LogP contribution in [0.5, 0.6) is 5.75 Å². The van der Waals surface area contributed by atoms with Crippen molar-refractivity contribution >= 4 is 17.5 Å². The Hall–Kier alpha value is -2.93. The monoisotopic (exact) mass is 412 g/mol. The van der Waals surface area contributed by atoms with Gasteiger partial charge in [0.25, 0.3) is 5.56 Å². The predicted octanol–water partition coefficient (Wildman–Crippen LogP) is 4.56. The highest BCUT2D eigenvalue weighted by Gasteiger charge is 2.22. The number of benzene rings is 2. The molecule has 29 heavy (non-hydrogen) atoms. The lowest BCUT2D eigenvalue weighted by molar-refractivity contribution is 0.103. The van der Waals surface area contributed by atoms with E-state index in [1.165, 1.54) is 30.0 Å². The van der Waals surface area contributed by atoms with E-state index in [0.717, 1.165) is 17.4 Å². The number of ketones is 1. The molecular weight excluding hydrogens is 391 g/mol. The Labute approximate surface area is 172 Å². The van der Waals surface area contributed by atoms with Gasteiger partial charge in [-0.05, 0) is 35.7 Å². The zero-order valence-corrected chi connectivity index (χ0v) is 17.2. The molecule has 0 atom stereocenters. The van der Waals surface area contributed by atoms with Gasteiger partial charge in [0.2, 0.25) is 5.78 Å². The van der Waals surface area contributed by atoms with Gasteiger partial charge in [-0.15, -0.1) is 0 Å². The van der Waals surface area contributed by atoms with Crippen molar-refractivity contribution in [3.05, 3.63) is 87.1 Å². The Balaban J connectivity index is 1.93. The minimum Gasteiger partial charge on any atom is -0.497 e. The zero-order valence-electron chi connectivity index (χ0n) is 16.4. The molecular formula is C22H21FN2O3S. The summed E-state index contributed by atoms with van der Waals surface area (Å²) in [7, 11) is 1.60. The number of rotatable bonds is 7. The van der Waals surface area contributed by atoms with E-state index in [0.29, 0.717) is 16.5 Å². The number of hydrogen-bond acceptors (Lipinski definition) is 5. The Kier molecular flexibility index (Phi) is 6.49. The molecule has 0 saturated carbocycles. The van der Waals surface area contributed by atoms with Crippen LogP contribution in [0.4, 0.5) is 4.39 Å². The SMILES string of the molecule is COc1ccc(CSc2nc(C(=O)c3cccc(F)c3)c(C(C)C)c(=O)[nH]2)cc1. The fourth-order valence-electron chi connectivity index (χ4n) is 2.88. The molecule has 1 aromatic heterocycles. The first kappa shape index (κ1) is 20.8. The van der Waals surface area contributed by atoms with E-state index in [1.807, 2.05) is 38.1 Å². The second-order valence-electron chi connectivity index (χ2n) is 6.76. The first-order valence-electron chi connectivity index (χ1n) is 9.09. The van der Waals surface area contributed by atoms with Crippen LogP contribution >= 0.6 is 11.8 Å². The number of aromatic amines is 1. The normalized spacial score (nSPS) is 10.9. The summed E-state index contributed by atoms with van der Waals surface area (Å²) in [6, 6.07) is 12.9. The van der Waals surface area contributed by atoms with Crippen molar-refractivity contribution in [3.63, 3.8) is 0 Å². The summed E-state index contributed by atoms with van der Waals surface area (Å²) < 4.78 is 18.7. The van der Waals surface area contributed by atoms with Crippen LogP contribution in [0, 0.1) is 5.82 Å². The average Bonchev–Trinajstić information content (AvgIpc) is 2.71. The van der Waals surface area contributed by atoms with Crippen LogP contribution in [0.3, 0.4) is 0 Å². The van der Waals surface area contributed by atoms with Crippen LogP contribution < -0.4 is 10.3 Å². The molecule has 0 saturated heterocycles. The lowest BCUT2D eigenvalue weighted by Gasteiger charge is -2.12. The highest BCUT2D eigenvalue weighted by molar-refractivity contribution is 7.98. The van der Waals surface area contributed by atoms with Crippen LogP contribution in [0.15, 0.2) is 58.5 Å². The fraction of sp³-hybridized carbons (Fsp3) is 0.227. The highest BCUT2D eigenvalue weighted by atomic mass is 32.2. The lowest BCUT2D eigenvalue weighted by Crippen LogP contribution is -2.23. The number of aromatic nitrogens is 2. The maximum absolute atomic E-state index is 13.6. The highest BCUT2D eigenvalue weighted by Crippen LogP contribution is 2.24. The standard InChI is InChI=1S/C22H21FN2O3S/c1-13(2)18-19(20(26)15-5-4-6-16(23)11-15)24-22(25-21(18)27)29-12-14-7-9-17(28-3)10-8-14/h4-11,13H,12H2,1-3H3,(H,24,25,27). The Bertz CT molecular complexity index is 1080. The number of thioether (sulfide) groups is 1. The molecule has 1 heterocycles. The summed E-state index contributed by atoms with van der Waals surface area (Å²) in [5, 5.41) is 0.343. The number of carbonyl (C=O) groups excluding carboxylic acids is 1. The summed E-state index contributed by atoms with van der Waals surface area (Å²) in [5.74, 6) is 0.127. The molecule has 0 fully saturated rings. The molecule has 7 heteroatoms. The van der Waals surface area contributed by atoms with Crippen LogP contribution in [-0.4, -0.2) is 22.9 Å². The van der Waals surface area contributed by atoms with Gasteiger partial charge in [0.1, 0.15) is 17.3 Å². The van der Waals surface area contributed by atoms with E-state index in [4.69, 9.17) is 4.74 Å². The molecule has 3 rings (SSSR count). The molecule has 0 bridgehead atoms. The molecule has 0 aliphatic carbocycles. The van der Waals surface area contributed by atoms with Crippen molar-refractivity contribution in [2.45, 2.75) is 30.7 Å². The number of hydrogen-bond donors (Lipinski definition) is 1. The van der Waals surface area contributed by atoms with Crippen molar-refractivity contribution in [2.75, 3.05) is 7.11 Å². The Morgan fingerprint density at radius 2 is 1.93 bits per heavy atom. The van der Waals surface area contributed by atoms with Gasteiger partial charge in [-0.2, -0.15) is 0 Å². The van der Waals surface area contributed by atoms with Crippen LogP contribution in [0.2, 0.25) is 0 Å². The summed E-state index contributed by atoms with van der Waals surface area (Å²) in [4.78, 5) is 32.8. The van der Waals surface area contributed by atoms with E-state index in [9.17, 15) is 14.0 Å². The second-order valence-corrected chi connectivity index (χ2v) is 7.73. The van der Waals surface area contributed by atoms with E-state index < -0.39 is 11.6 Å². The van der Waals surface area contributed by atoms with Crippen molar-refractivity contribution in [2.24, 2.45) is 0 Å². The van der Waals surface area contributed by atoms with Gasteiger partial charge in [-0.1, -0.05) is 49.9 Å². The van der Waals surface area contributed by atoms with E-state index in [1.54, 1.807) is 7.11 Å². The van der Waals surface area contributed by atoms with Gasteiger partial charge in [0, 0.05) is 16.9 Å². The van der Waals surface area contributed by atoms with Gasteiger partial charge in [-0.3, -0.25) is 9.59 Å². The fourth-order valence-corrected chi connectivity index (χ4v) is 3.70. The molecule has 0 spiro atoms. The Morgan fingerprint density at radius 3 is 2.55 bits per heavy atom. The first-order valence-corrected chi connectivity index (χ1v) is 10.1. The molecule has 1 N–H and O–H groups in total. The van der Waals surface area contributed by atoms with Crippen molar-refractivity contribution in [1.82, 2.24) is 9.97 Å². The molecule has 150 valence electrons. The third-order valence-electron chi connectivity index (χ3n) is 4.35.